The number of alkyl carbamates (subject to hydrolysis) is 1. The van der Waals surface area contributed by atoms with Crippen LogP contribution in [0.25, 0.3) is 26.9 Å². The Balaban J connectivity index is 1.40. The molecule has 9 nitrogen and oxygen atoms in total. The third kappa shape index (κ3) is 7.98. The molecule has 1 amide bonds. The predicted octanol–water partition coefficient (Wildman–Crippen LogP) is 6.08. The number of fused-ring (bicyclic) bond motifs is 1. The van der Waals surface area contributed by atoms with Crippen molar-refractivity contribution in [3.05, 3.63) is 47.2 Å². The van der Waals surface area contributed by atoms with Crippen LogP contribution < -0.4 is 10.1 Å². The summed E-state index contributed by atoms with van der Waals surface area (Å²) in [6.45, 7) is 6.34. The van der Waals surface area contributed by atoms with Crippen LogP contribution in [0.15, 0.2) is 35.7 Å². The smallest absolute Gasteiger partial charge is 0.407 e. The number of nitrogens with zero attached hydrogens (tertiary/aromatic N) is 2. The van der Waals surface area contributed by atoms with Crippen LogP contribution in [0.1, 0.15) is 52.1 Å². The Morgan fingerprint density at radius 2 is 1.95 bits per heavy atom. The first-order valence-electron chi connectivity index (χ1n) is 13.2. The van der Waals surface area contributed by atoms with E-state index in [9.17, 15) is 14.0 Å². The number of thiophene rings is 1. The van der Waals surface area contributed by atoms with E-state index in [4.69, 9.17) is 19.3 Å². The van der Waals surface area contributed by atoms with Gasteiger partial charge in [-0.3, -0.25) is 4.79 Å². The molecule has 1 aliphatic carbocycles. The fourth-order valence-electron chi connectivity index (χ4n) is 4.49. The van der Waals surface area contributed by atoms with Crippen LogP contribution in [0, 0.1) is 11.7 Å². The van der Waals surface area contributed by atoms with Crippen LogP contribution in [0.5, 0.6) is 5.75 Å². The van der Waals surface area contributed by atoms with Crippen LogP contribution in [0.3, 0.4) is 0 Å². The van der Waals surface area contributed by atoms with Crippen molar-refractivity contribution in [1.29, 1.82) is 0 Å². The van der Waals surface area contributed by atoms with Crippen molar-refractivity contribution < 1.29 is 33.3 Å². The molecule has 4 rings (SSSR count). The highest BCUT2D eigenvalue weighted by Gasteiger charge is 2.23. The number of rotatable bonds is 11. The standard InChI is InChI=1S/C29H34FN3O6S/c1-29(2,3)39-28(36)31-11-12-37-13-14-38-23-17-20(30)8-9-21(23)26-27-22(10-15-40-27)25(32-33-26)19-6-4-18(5-7-19)16-24(34)35/h6,8-10,15,17-18H,4-5,7,11-14,16H2,1-3H3,(H,31,36)(H,34,35). The monoisotopic (exact) mass is 571 g/mol. The molecule has 0 aliphatic heterocycles. The molecule has 214 valence electrons. The summed E-state index contributed by atoms with van der Waals surface area (Å²) in [5.74, 6) is -0.738. The maximum atomic E-state index is 14.2. The molecule has 2 heterocycles. The lowest BCUT2D eigenvalue weighted by Crippen LogP contribution is -2.34. The zero-order valence-electron chi connectivity index (χ0n) is 22.9. The summed E-state index contributed by atoms with van der Waals surface area (Å²) in [6, 6.07) is 6.32. The summed E-state index contributed by atoms with van der Waals surface area (Å²) in [4.78, 5) is 22.8. The van der Waals surface area contributed by atoms with Gasteiger partial charge in [0.1, 0.15) is 29.5 Å². The summed E-state index contributed by atoms with van der Waals surface area (Å²) >= 11 is 1.53. The van der Waals surface area contributed by atoms with E-state index in [1.807, 2.05) is 11.4 Å². The maximum absolute atomic E-state index is 14.2. The maximum Gasteiger partial charge on any atom is 0.407 e. The molecule has 0 spiro atoms. The second-order valence-electron chi connectivity index (χ2n) is 10.6. The molecule has 11 heteroatoms. The lowest BCUT2D eigenvalue weighted by Gasteiger charge is -2.20. The Morgan fingerprint density at radius 1 is 1.15 bits per heavy atom. The molecule has 3 aromatic rings. The van der Waals surface area contributed by atoms with Crippen LogP contribution in [0.2, 0.25) is 0 Å². The normalized spacial score (nSPS) is 15.5. The third-order valence-corrected chi connectivity index (χ3v) is 7.19. The lowest BCUT2D eigenvalue weighted by molar-refractivity contribution is -0.138. The summed E-state index contributed by atoms with van der Waals surface area (Å²) in [5, 5.41) is 23.7. The first-order valence-corrected chi connectivity index (χ1v) is 14.1. The molecule has 2 aromatic heterocycles. The molecule has 0 radical (unpaired) electrons. The predicted molar refractivity (Wildman–Crippen MR) is 151 cm³/mol. The number of carboxylic acid groups (broad SMARTS) is 1. The molecule has 0 saturated heterocycles. The van der Waals surface area contributed by atoms with Gasteiger partial charge in [0.05, 0.1) is 23.6 Å². The van der Waals surface area contributed by atoms with Gasteiger partial charge in [0.25, 0.3) is 0 Å². The molecule has 40 heavy (non-hydrogen) atoms. The van der Waals surface area contributed by atoms with Gasteiger partial charge in [0.2, 0.25) is 0 Å². The minimum Gasteiger partial charge on any atom is -0.490 e. The number of aromatic nitrogens is 2. The van der Waals surface area contributed by atoms with Crippen LogP contribution in [0.4, 0.5) is 9.18 Å². The molecular weight excluding hydrogens is 537 g/mol. The highest BCUT2D eigenvalue weighted by Crippen LogP contribution is 2.40. The van der Waals surface area contributed by atoms with Crippen molar-refractivity contribution in [2.45, 2.75) is 52.1 Å². The molecule has 1 atom stereocenters. The van der Waals surface area contributed by atoms with E-state index in [2.05, 4.69) is 21.6 Å². The molecule has 1 unspecified atom stereocenters. The Bertz CT molecular complexity index is 1380. The number of hydrogen-bond donors (Lipinski definition) is 2. The molecule has 2 N–H and O–H groups in total. The second-order valence-corrected chi connectivity index (χ2v) is 11.5. The zero-order chi connectivity index (χ0) is 28.7. The van der Waals surface area contributed by atoms with Gasteiger partial charge in [-0.15, -0.1) is 21.5 Å². The molecule has 1 aliphatic rings. The van der Waals surface area contributed by atoms with Gasteiger partial charge in [0, 0.05) is 30.0 Å². The van der Waals surface area contributed by atoms with Crippen molar-refractivity contribution in [2.24, 2.45) is 5.92 Å². The topological polar surface area (TPSA) is 120 Å². The molecular formula is C29H34FN3O6S. The fraction of sp³-hybridized carbons (Fsp3) is 0.448. The van der Waals surface area contributed by atoms with E-state index < -0.39 is 23.5 Å². The number of carboxylic acids is 1. The van der Waals surface area contributed by atoms with E-state index in [0.717, 1.165) is 34.2 Å². The Kier molecular flexibility index (Phi) is 9.70. The number of allylic oxidation sites excluding steroid dienone is 2. The van der Waals surface area contributed by atoms with Gasteiger partial charge in [0.15, 0.2) is 0 Å². The van der Waals surface area contributed by atoms with E-state index in [-0.39, 0.29) is 38.7 Å². The fourth-order valence-corrected chi connectivity index (χ4v) is 5.39. The zero-order valence-corrected chi connectivity index (χ0v) is 23.7. The number of nitrogens with one attached hydrogen (secondary N) is 1. The Morgan fingerprint density at radius 3 is 2.67 bits per heavy atom. The average molecular weight is 572 g/mol. The Hall–Kier alpha value is -3.57. The summed E-state index contributed by atoms with van der Waals surface area (Å²) in [7, 11) is 0. The first kappa shape index (κ1) is 29.4. The van der Waals surface area contributed by atoms with E-state index >= 15 is 0 Å². The second kappa shape index (κ2) is 13.2. The highest BCUT2D eigenvalue weighted by atomic mass is 32.1. The molecule has 1 aromatic carbocycles. The number of hydrogen-bond acceptors (Lipinski definition) is 8. The van der Waals surface area contributed by atoms with Crippen LogP contribution in [-0.4, -0.2) is 59.3 Å². The number of carbonyl (C=O) groups excluding carboxylic acids is 1. The SMILES string of the molecule is CC(C)(C)OC(=O)NCCOCCOc1cc(F)ccc1-c1nnc(C2=CCC(CC(=O)O)CC2)c2ccsc12. The number of benzene rings is 1. The van der Waals surface area contributed by atoms with E-state index in [1.165, 1.54) is 23.5 Å². The van der Waals surface area contributed by atoms with Gasteiger partial charge in [-0.2, -0.15) is 0 Å². The third-order valence-electron chi connectivity index (χ3n) is 6.27. The van der Waals surface area contributed by atoms with E-state index in [1.54, 1.807) is 26.8 Å². The molecule has 0 fully saturated rings. The van der Waals surface area contributed by atoms with Crippen LogP contribution >= 0.6 is 11.3 Å². The lowest BCUT2D eigenvalue weighted by atomic mass is 9.86. The summed E-state index contributed by atoms with van der Waals surface area (Å²) in [5.41, 5.74) is 2.52. The van der Waals surface area contributed by atoms with E-state index in [0.29, 0.717) is 23.4 Å². The Labute approximate surface area is 236 Å². The van der Waals surface area contributed by atoms with Gasteiger partial charge in [-0.1, -0.05) is 6.08 Å². The van der Waals surface area contributed by atoms with Crippen molar-refractivity contribution in [2.75, 3.05) is 26.4 Å². The number of ether oxygens (including phenoxy) is 3. The van der Waals surface area contributed by atoms with Crippen LogP contribution in [-0.2, 0) is 14.3 Å². The van der Waals surface area contributed by atoms with Gasteiger partial charge >= 0.3 is 12.1 Å². The average Bonchev–Trinajstić information content (AvgIpc) is 3.37. The quantitative estimate of drug-likeness (QED) is 0.266. The largest absolute Gasteiger partial charge is 0.490 e. The number of halogens is 1. The first-order chi connectivity index (χ1) is 19.1. The minimum absolute atomic E-state index is 0.135. The molecule has 0 saturated carbocycles. The van der Waals surface area contributed by atoms with Gasteiger partial charge < -0.3 is 24.6 Å². The van der Waals surface area contributed by atoms with Gasteiger partial charge in [-0.05, 0) is 75.1 Å². The minimum atomic E-state index is -0.773. The number of aliphatic carboxylic acids is 1. The van der Waals surface area contributed by atoms with Crippen molar-refractivity contribution in [3.8, 4) is 17.0 Å². The molecule has 0 bridgehead atoms. The number of carbonyl (C=O) groups is 2. The van der Waals surface area contributed by atoms with Crippen molar-refractivity contribution in [1.82, 2.24) is 15.5 Å². The summed E-state index contributed by atoms with van der Waals surface area (Å²) < 4.78 is 31.7. The van der Waals surface area contributed by atoms with Crippen molar-refractivity contribution in [3.63, 3.8) is 0 Å². The summed E-state index contributed by atoms with van der Waals surface area (Å²) in [6.07, 6.45) is 3.98. The van der Waals surface area contributed by atoms with Gasteiger partial charge in [-0.25, -0.2) is 9.18 Å². The number of amides is 1. The van der Waals surface area contributed by atoms with Crippen molar-refractivity contribution >= 4 is 39.1 Å². The highest BCUT2D eigenvalue weighted by molar-refractivity contribution is 7.17.